The number of aryl methyl sites for hydroxylation is 2. The van der Waals surface area contributed by atoms with Gasteiger partial charge in [-0.15, -0.1) is 5.10 Å². The van der Waals surface area contributed by atoms with Crippen molar-refractivity contribution in [3.63, 3.8) is 0 Å². The van der Waals surface area contributed by atoms with E-state index >= 15 is 0 Å². The Kier molecular flexibility index (Phi) is 9.68. The second-order valence-electron chi connectivity index (χ2n) is 14.4. The van der Waals surface area contributed by atoms with Gasteiger partial charge in [-0.3, -0.25) is 9.59 Å². The Morgan fingerprint density at radius 1 is 0.807 bits per heavy atom. The van der Waals surface area contributed by atoms with Gasteiger partial charge in [0.1, 0.15) is 40.5 Å². The SMILES string of the molecule is CCNc1cc2c(cc1C)C1(c3cc(C)c(NCC)cc3O2)c2ccccc2C(=O)N1Cc1cn(CC(=O)Nc2cc3ccc(N(CC)CC)cc3oc2=O)nn1. The highest BCUT2D eigenvalue weighted by atomic mass is 16.5. The Balaban J connectivity index is 1.13. The van der Waals surface area contributed by atoms with Crippen molar-refractivity contribution in [2.24, 2.45) is 0 Å². The molecule has 2 aliphatic rings. The lowest BCUT2D eigenvalue weighted by molar-refractivity contribution is -0.117. The van der Waals surface area contributed by atoms with Crippen LogP contribution in [0, 0.1) is 13.8 Å². The first-order chi connectivity index (χ1) is 27.6. The van der Waals surface area contributed by atoms with E-state index in [9.17, 15) is 14.4 Å². The third kappa shape index (κ3) is 6.32. The zero-order chi connectivity index (χ0) is 40.0. The molecule has 57 heavy (non-hydrogen) atoms. The number of anilines is 4. The van der Waals surface area contributed by atoms with Crippen LogP contribution in [-0.2, 0) is 23.4 Å². The molecule has 13 nitrogen and oxygen atoms in total. The van der Waals surface area contributed by atoms with Gasteiger partial charge in [0.25, 0.3) is 5.91 Å². The number of nitrogens with one attached hydrogen (secondary N) is 3. The summed E-state index contributed by atoms with van der Waals surface area (Å²) >= 11 is 0. The van der Waals surface area contributed by atoms with Gasteiger partial charge in [0.2, 0.25) is 5.91 Å². The Bertz CT molecular complexity index is 2550. The largest absolute Gasteiger partial charge is 0.456 e. The lowest BCUT2D eigenvalue weighted by atomic mass is 9.73. The van der Waals surface area contributed by atoms with E-state index in [0.717, 1.165) is 71.1 Å². The predicted molar refractivity (Wildman–Crippen MR) is 222 cm³/mol. The molecule has 6 aromatic rings. The number of benzene rings is 4. The number of amides is 2. The molecule has 3 N–H and O–H groups in total. The lowest BCUT2D eigenvalue weighted by Crippen LogP contribution is -2.47. The average Bonchev–Trinajstić information content (AvgIpc) is 3.73. The molecule has 0 saturated heterocycles. The van der Waals surface area contributed by atoms with E-state index in [4.69, 9.17) is 9.15 Å². The van der Waals surface area contributed by atoms with Crippen LogP contribution in [0.5, 0.6) is 11.5 Å². The summed E-state index contributed by atoms with van der Waals surface area (Å²) in [6.07, 6.45) is 1.65. The van der Waals surface area contributed by atoms with Crippen molar-refractivity contribution in [3.8, 4) is 11.5 Å². The number of nitrogens with zero attached hydrogens (tertiary/aromatic N) is 5. The summed E-state index contributed by atoms with van der Waals surface area (Å²) in [5.74, 6) is 0.649. The van der Waals surface area contributed by atoms with E-state index in [0.29, 0.717) is 33.7 Å². The summed E-state index contributed by atoms with van der Waals surface area (Å²) in [5, 5.41) is 19.0. The summed E-state index contributed by atoms with van der Waals surface area (Å²) in [5.41, 5.74) is 7.22. The third-order valence-corrected chi connectivity index (χ3v) is 10.9. The minimum Gasteiger partial charge on any atom is -0.456 e. The normalized spacial score (nSPS) is 13.6. The molecule has 1 spiro atoms. The van der Waals surface area contributed by atoms with E-state index in [1.54, 1.807) is 12.3 Å². The molecule has 2 aromatic heterocycles. The Hall–Kier alpha value is -6.63. The average molecular weight is 767 g/mol. The number of hydrogen-bond acceptors (Lipinski definition) is 10. The number of fused-ring (bicyclic) bond motifs is 7. The van der Waals surface area contributed by atoms with Crippen LogP contribution in [0.2, 0.25) is 0 Å². The number of carbonyl (C=O) groups excluding carboxylic acids is 2. The highest BCUT2D eigenvalue weighted by Gasteiger charge is 2.56. The van der Waals surface area contributed by atoms with Crippen molar-refractivity contribution in [1.29, 1.82) is 0 Å². The van der Waals surface area contributed by atoms with Crippen LogP contribution < -0.4 is 31.2 Å². The fraction of sp³-hybridized carbons (Fsp3) is 0.295. The van der Waals surface area contributed by atoms with Gasteiger partial charge in [-0.25, -0.2) is 9.48 Å². The van der Waals surface area contributed by atoms with Crippen LogP contribution in [0.3, 0.4) is 0 Å². The first-order valence-electron chi connectivity index (χ1n) is 19.5. The first-order valence-corrected chi connectivity index (χ1v) is 19.5. The van der Waals surface area contributed by atoms with Crippen molar-refractivity contribution in [3.05, 3.63) is 128 Å². The van der Waals surface area contributed by atoms with Crippen LogP contribution in [0.25, 0.3) is 11.0 Å². The maximum absolute atomic E-state index is 14.7. The molecule has 0 atom stereocenters. The molecule has 0 saturated carbocycles. The number of rotatable bonds is 12. The van der Waals surface area contributed by atoms with Crippen molar-refractivity contribution in [2.75, 3.05) is 47.0 Å². The van der Waals surface area contributed by atoms with Gasteiger partial charge < -0.3 is 34.9 Å². The molecule has 0 fully saturated rings. The van der Waals surface area contributed by atoms with E-state index < -0.39 is 17.1 Å². The number of carbonyl (C=O) groups is 2. The molecule has 2 amide bonds. The van der Waals surface area contributed by atoms with Gasteiger partial charge in [0.05, 0.1) is 12.7 Å². The Morgan fingerprint density at radius 2 is 1.47 bits per heavy atom. The van der Waals surface area contributed by atoms with Crippen LogP contribution in [0.4, 0.5) is 22.7 Å². The second-order valence-corrected chi connectivity index (χ2v) is 14.4. The molecular formula is C44H46N8O5. The molecule has 4 heterocycles. The molecule has 0 radical (unpaired) electrons. The summed E-state index contributed by atoms with van der Waals surface area (Å²) in [6, 6.07) is 23.3. The van der Waals surface area contributed by atoms with Crippen molar-refractivity contribution in [1.82, 2.24) is 19.9 Å². The van der Waals surface area contributed by atoms with Crippen LogP contribution in [0.15, 0.2) is 88.2 Å². The lowest BCUT2D eigenvalue weighted by Gasteiger charge is -2.44. The molecule has 4 aromatic carbocycles. The molecule has 8 rings (SSSR count). The molecular weight excluding hydrogens is 721 g/mol. The fourth-order valence-corrected chi connectivity index (χ4v) is 8.30. The highest BCUT2D eigenvalue weighted by Crippen LogP contribution is 2.59. The second kappa shape index (κ2) is 14.8. The number of ether oxygens (including phenoxy) is 1. The smallest absolute Gasteiger partial charge is 0.360 e. The first kappa shape index (κ1) is 37.3. The number of hydrogen-bond donors (Lipinski definition) is 3. The monoisotopic (exact) mass is 766 g/mol. The topological polar surface area (TPSA) is 147 Å². The van der Waals surface area contributed by atoms with Gasteiger partial charge in [0.15, 0.2) is 0 Å². The maximum atomic E-state index is 14.7. The molecule has 2 aliphatic heterocycles. The van der Waals surface area contributed by atoms with Gasteiger partial charge in [-0.2, -0.15) is 0 Å². The molecule has 0 unspecified atom stereocenters. The van der Waals surface area contributed by atoms with E-state index in [1.807, 2.05) is 59.5 Å². The minimum absolute atomic E-state index is 0.0304. The zero-order valence-corrected chi connectivity index (χ0v) is 33.0. The standard InChI is InChI=1S/C44H46N8O5/c1-7-45-35-21-39-33(17-26(35)5)44(34-18-27(6)36(46-8-2)22-40(34)56-39)32-14-12-11-13-31(32)42(54)52(44)24-29-23-51(49-48-29)25-41(53)47-37-19-28-15-16-30(50(9-3)10-4)20-38(28)57-43(37)55/h11-23,45-46H,7-10,24-25H2,1-6H3,(H,47,53). The Labute approximate surface area is 330 Å². The summed E-state index contributed by atoms with van der Waals surface area (Å²) in [6.45, 7) is 15.3. The predicted octanol–water partition coefficient (Wildman–Crippen LogP) is 7.40. The van der Waals surface area contributed by atoms with E-state index in [-0.39, 0.29) is 24.7 Å². The molecule has 292 valence electrons. The Morgan fingerprint density at radius 3 is 2.12 bits per heavy atom. The zero-order valence-electron chi connectivity index (χ0n) is 33.0. The van der Waals surface area contributed by atoms with Crippen LogP contribution in [0.1, 0.15) is 71.6 Å². The maximum Gasteiger partial charge on any atom is 0.360 e. The number of aromatic nitrogens is 3. The van der Waals surface area contributed by atoms with E-state index in [2.05, 4.69) is 84.8 Å². The van der Waals surface area contributed by atoms with Gasteiger partial charge in [0, 0.05) is 83.5 Å². The van der Waals surface area contributed by atoms with Crippen LogP contribution >= 0.6 is 0 Å². The van der Waals surface area contributed by atoms with E-state index in [1.165, 1.54) is 4.68 Å². The molecule has 0 bridgehead atoms. The van der Waals surface area contributed by atoms with Crippen molar-refractivity contribution >= 4 is 45.5 Å². The minimum atomic E-state index is -1.07. The quantitative estimate of drug-likeness (QED) is 0.108. The fourth-order valence-electron chi connectivity index (χ4n) is 8.30. The van der Waals surface area contributed by atoms with Crippen LogP contribution in [-0.4, -0.2) is 57.9 Å². The van der Waals surface area contributed by atoms with Gasteiger partial charge >= 0.3 is 5.63 Å². The van der Waals surface area contributed by atoms with Crippen molar-refractivity contribution in [2.45, 2.75) is 60.2 Å². The highest BCUT2D eigenvalue weighted by molar-refractivity contribution is 6.02. The molecule has 0 aliphatic carbocycles. The summed E-state index contributed by atoms with van der Waals surface area (Å²) < 4.78 is 13.7. The third-order valence-electron chi connectivity index (χ3n) is 10.9. The van der Waals surface area contributed by atoms with Gasteiger partial charge in [-0.05, 0) is 94.6 Å². The van der Waals surface area contributed by atoms with Gasteiger partial charge in [-0.1, -0.05) is 23.4 Å². The summed E-state index contributed by atoms with van der Waals surface area (Å²) in [7, 11) is 0. The molecule has 13 heteroatoms. The van der Waals surface area contributed by atoms with Crippen molar-refractivity contribution < 1.29 is 18.7 Å². The summed E-state index contributed by atoms with van der Waals surface area (Å²) in [4.78, 5) is 44.9.